The molecule has 0 N–H and O–H groups in total. The Balaban J connectivity index is 1.89. The topological polar surface area (TPSA) is 60.2 Å². The Hall–Kier alpha value is -1.59. The predicted molar refractivity (Wildman–Crippen MR) is 70.8 cm³/mol. The van der Waals surface area contributed by atoms with Gasteiger partial charge in [-0.25, -0.2) is 4.79 Å². The van der Waals surface area contributed by atoms with Crippen LogP contribution in [0.4, 0.5) is 4.79 Å². The molecule has 0 saturated carbocycles. The molecule has 0 spiro atoms. The van der Waals surface area contributed by atoms with Crippen molar-refractivity contribution >= 4 is 6.09 Å². The lowest BCUT2D eigenvalue weighted by atomic mass is 9.96. The van der Waals surface area contributed by atoms with E-state index in [0.29, 0.717) is 19.0 Å². The Labute approximate surface area is 113 Å². The van der Waals surface area contributed by atoms with Crippen LogP contribution in [0.2, 0.25) is 0 Å². The standard InChI is InChI=1S/C13H22N4O2/c1-13(2,3)19-12(18)17-7-5-10(6-8-17)11-15-14-9-16(11)4/h9-10H,5-8H2,1-4H3. The van der Waals surface area contributed by atoms with Crippen molar-refractivity contribution in [2.45, 2.75) is 45.1 Å². The van der Waals surface area contributed by atoms with Crippen LogP contribution in [0.3, 0.4) is 0 Å². The van der Waals surface area contributed by atoms with Crippen LogP contribution < -0.4 is 0 Å². The van der Waals surface area contributed by atoms with Crippen LogP contribution >= 0.6 is 0 Å². The van der Waals surface area contributed by atoms with Gasteiger partial charge in [0.1, 0.15) is 17.8 Å². The molecule has 0 atom stereocenters. The van der Waals surface area contributed by atoms with Crippen molar-refractivity contribution < 1.29 is 9.53 Å². The van der Waals surface area contributed by atoms with E-state index in [2.05, 4.69) is 10.2 Å². The van der Waals surface area contributed by atoms with Gasteiger partial charge in [0.05, 0.1) is 0 Å². The fourth-order valence-electron chi connectivity index (χ4n) is 2.31. The first kappa shape index (κ1) is 13.8. The highest BCUT2D eigenvalue weighted by molar-refractivity contribution is 5.68. The van der Waals surface area contributed by atoms with Crippen molar-refractivity contribution in [1.82, 2.24) is 19.7 Å². The van der Waals surface area contributed by atoms with Crippen molar-refractivity contribution in [3.63, 3.8) is 0 Å². The van der Waals surface area contributed by atoms with E-state index in [-0.39, 0.29) is 6.09 Å². The molecule has 1 aromatic rings. The van der Waals surface area contributed by atoms with Gasteiger partial charge in [-0.15, -0.1) is 10.2 Å². The summed E-state index contributed by atoms with van der Waals surface area (Å²) >= 11 is 0. The van der Waals surface area contributed by atoms with Crippen molar-refractivity contribution in [2.75, 3.05) is 13.1 Å². The molecule has 1 aromatic heterocycles. The van der Waals surface area contributed by atoms with Crippen molar-refractivity contribution in [2.24, 2.45) is 7.05 Å². The van der Waals surface area contributed by atoms with Gasteiger partial charge in [-0.1, -0.05) is 0 Å². The summed E-state index contributed by atoms with van der Waals surface area (Å²) in [6.45, 7) is 7.09. The number of nitrogens with zero attached hydrogens (tertiary/aromatic N) is 4. The summed E-state index contributed by atoms with van der Waals surface area (Å²) in [6.07, 6.45) is 3.32. The molecule has 2 heterocycles. The number of rotatable bonds is 1. The molecule has 1 saturated heterocycles. The zero-order valence-electron chi connectivity index (χ0n) is 12.1. The lowest BCUT2D eigenvalue weighted by Gasteiger charge is -2.33. The highest BCUT2D eigenvalue weighted by atomic mass is 16.6. The number of likely N-dealkylation sites (tertiary alicyclic amines) is 1. The van der Waals surface area contributed by atoms with Crippen LogP contribution in [0.15, 0.2) is 6.33 Å². The number of piperidine rings is 1. The molecule has 106 valence electrons. The van der Waals surface area contributed by atoms with Crippen LogP contribution in [0, 0.1) is 0 Å². The molecular weight excluding hydrogens is 244 g/mol. The molecule has 1 fully saturated rings. The maximum Gasteiger partial charge on any atom is 0.410 e. The number of carbonyl (C=O) groups is 1. The highest BCUT2D eigenvalue weighted by Crippen LogP contribution is 2.26. The Morgan fingerprint density at radius 1 is 1.37 bits per heavy atom. The van der Waals surface area contributed by atoms with E-state index < -0.39 is 5.60 Å². The molecule has 0 aliphatic carbocycles. The first-order chi connectivity index (χ1) is 8.87. The summed E-state index contributed by atoms with van der Waals surface area (Å²) in [6, 6.07) is 0. The zero-order chi connectivity index (χ0) is 14.0. The predicted octanol–water partition coefficient (Wildman–Crippen LogP) is 1.93. The first-order valence-electron chi connectivity index (χ1n) is 6.68. The fraction of sp³-hybridized carbons (Fsp3) is 0.769. The van der Waals surface area contributed by atoms with Gasteiger partial charge in [-0.3, -0.25) is 0 Å². The van der Waals surface area contributed by atoms with Crippen molar-refractivity contribution in [3.8, 4) is 0 Å². The molecule has 0 aromatic carbocycles. The monoisotopic (exact) mass is 266 g/mol. The van der Waals surface area contributed by atoms with E-state index in [1.807, 2.05) is 32.4 Å². The lowest BCUT2D eigenvalue weighted by molar-refractivity contribution is 0.0202. The molecule has 0 radical (unpaired) electrons. The number of hydrogen-bond donors (Lipinski definition) is 0. The van der Waals surface area contributed by atoms with Crippen LogP contribution in [-0.2, 0) is 11.8 Å². The zero-order valence-corrected chi connectivity index (χ0v) is 12.1. The summed E-state index contributed by atoms with van der Waals surface area (Å²) in [4.78, 5) is 13.7. The van der Waals surface area contributed by atoms with Crippen LogP contribution in [0.1, 0.15) is 45.4 Å². The summed E-state index contributed by atoms with van der Waals surface area (Å²) in [5.41, 5.74) is -0.433. The van der Waals surface area contributed by atoms with E-state index in [9.17, 15) is 4.79 Å². The third-order valence-corrected chi connectivity index (χ3v) is 3.26. The number of carbonyl (C=O) groups excluding carboxylic acids is 1. The second-order valence-electron chi connectivity index (χ2n) is 6.04. The smallest absolute Gasteiger partial charge is 0.410 e. The largest absolute Gasteiger partial charge is 0.444 e. The van der Waals surface area contributed by atoms with Gasteiger partial charge in [0.15, 0.2) is 0 Å². The number of aryl methyl sites for hydroxylation is 1. The third kappa shape index (κ3) is 3.45. The quantitative estimate of drug-likeness (QED) is 0.779. The molecule has 1 amide bonds. The SMILES string of the molecule is Cn1cnnc1C1CCN(C(=O)OC(C)(C)C)CC1. The number of ether oxygens (including phenoxy) is 1. The van der Waals surface area contributed by atoms with E-state index in [1.165, 1.54) is 0 Å². The van der Waals surface area contributed by atoms with Crippen molar-refractivity contribution in [3.05, 3.63) is 12.2 Å². The molecule has 1 aliphatic rings. The highest BCUT2D eigenvalue weighted by Gasteiger charge is 2.29. The molecule has 0 unspecified atom stereocenters. The first-order valence-corrected chi connectivity index (χ1v) is 6.68. The second-order valence-corrected chi connectivity index (χ2v) is 6.04. The number of amides is 1. The Bertz CT molecular complexity index is 442. The third-order valence-electron chi connectivity index (χ3n) is 3.26. The Morgan fingerprint density at radius 2 is 2.00 bits per heavy atom. The summed E-state index contributed by atoms with van der Waals surface area (Å²) < 4.78 is 7.33. The van der Waals surface area contributed by atoms with Gasteiger partial charge >= 0.3 is 6.09 Å². The minimum atomic E-state index is -0.433. The Morgan fingerprint density at radius 3 is 2.47 bits per heavy atom. The minimum Gasteiger partial charge on any atom is -0.444 e. The van der Waals surface area contributed by atoms with Gasteiger partial charge < -0.3 is 14.2 Å². The molecular formula is C13H22N4O2. The van der Waals surface area contributed by atoms with Crippen LogP contribution in [0.5, 0.6) is 0 Å². The van der Waals surface area contributed by atoms with E-state index in [4.69, 9.17) is 4.74 Å². The van der Waals surface area contributed by atoms with Crippen LogP contribution in [-0.4, -0.2) is 44.4 Å². The summed E-state index contributed by atoms with van der Waals surface area (Å²) in [7, 11) is 1.95. The maximum atomic E-state index is 11.9. The Kier molecular flexibility index (Phi) is 3.78. The van der Waals surface area contributed by atoms with Gasteiger partial charge in [0, 0.05) is 26.1 Å². The van der Waals surface area contributed by atoms with Gasteiger partial charge in [-0.2, -0.15) is 0 Å². The fourth-order valence-corrected chi connectivity index (χ4v) is 2.31. The van der Waals surface area contributed by atoms with Crippen molar-refractivity contribution in [1.29, 1.82) is 0 Å². The molecule has 19 heavy (non-hydrogen) atoms. The maximum absolute atomic E-state index is 11.9. The van der Waals surface area contributed by atoms with E-state index in [1.54, 1.807) is 11.2 Å². The van der Waals surface area contributed by atoms with Crippen LogP contribution in [0.25, 0.3) is 0 Å². The molecule has 6 heteroatoms. The number of hydrogen-bond acceptors (Lipinski definition) is 4. The van der Waals surface area contributed by atoms with E-state index in [0.717, 1.165) is 18.7 Å². The van der Waals surface area contributed by atoms with E-state index >= 15 is 0 Å². The van der Waals surface area contributed by atoms with Gasteiger partial charge in [-0.05, 0) is 33.6 Å². The average Bonchev–Trinajstić information content (AvgIpc) is 2.73. The number of aromatic nitrogens is 3. The molecule has 0 bridgehead atoms. The second kappa shape index (κ2) is 5.19. The lowest BCUT2D eigenvalue weighted by Crippen LogP contribution is -2.41. The average molecular weight is 266 g/mol. The molecule has 6 nitrogen and oxygen atoms in total. The summed E-state index contributed by atoms with van der Waals surface area (Å²) in [5.74, 6) is 1.38. The van der Waals surface area contributed by atoms with Gasteiger partial charge in [0.2, 0.25) is 0 Å². The molecule has 2 rings (SSSR count). The van der Waals surface area contributed by atoms with Gasteiger partial charge in [0.25, 0.3) is 0 Å². The summed E-state index contributed by atoms with van der Waals surface area (Å²) in [5, 5.41) is 8.05. The minimum absolute atomic E-state index is 0.219. The normalized spacial score (nSPS) is 17.6. The molecule has 1 aliphatic heterocycles.